The SMILES string of the molecule is C=C(OCC)c1c([C@@H]2C[C@H]3CC[C@@H](C2)N3C(=O)OC(C)(C)C)nc2c(-c3ccc(-c4ccccc4)nc3)cnn2c1N(COCC[Si](C)(C)C)COCC[Si](C)(C)C. The first kappa shape index (κ1) is 43.5. The largest absolute Gasteiger partial charge is 0.494 e. The number of rotatable bonds is 17. The summed E-state index contributed by atoms with van der Waals surface area (Å²) >= 11 is 0. The van der Waals surface area contributed by atoms with Gasteiger partial charge in [-0.3, -0.25) is 4.98 Å². The van der Waals surface area contributed by atoms with Gasteiger partial charge in [-0.2, -0.15) is 9.61 Å². The van der Waals surface area contributed by atoms with Gasteiger partial charge in [-0.1, -0.05) is 82.3 Å². The Kier molecular flexibility index (Phi) is 13.6. The van der Waals surface area contributed by atoms with Crippen LogP contribution in [0.2, 0.25) is 51.4 Å². The van der Waals surface area contributed by atoms with Crippen molar-refractivity contribution in [3.8, 4) is 22.4 Å². The van der Waals surface area contributed by atoms with Gasteiger partial charge in [0.15, 0.2) is 5.65 Å². The third-order valence-corrected chi connectivity index (χ3v) is 14.3. The number of amides is 1. The maximum Gasteiger partial charge on any atom is 0.410 e. The highest BCUT2D eigenvalue weighted by molar-refractivity contribution is 6.76. The van der Waals surface area contributed by atoms with E-state index in [0.29, 0.717) is 44.7 Å². The van der Waals surface area contributed by atoms with Crippen LogP contribution in [0.15, 0.2) is 61.4 Å². The topological polar surface area (TPSA) is 104 Å². The van der Waals surface area contributed by atoms with E-state index < -0.39 is 21.7 Å². The molecule has 2 saturated heterocycles. The van der Waals surface area contributed by atoms with E-state index >= 15 is 0 Å². The van der Waals surface area contributed by atoms with Gasteiger partial charge < -0.3 is 28.7 Å². The number of aromatic nitrogens is 4. The van der Waals surface area contributed by atoms with E-state index in [9.17, 15) is 4.79 Å². The summed E-state index contributed by atoms with van der Waals surface area (Å²) in [5.41, 5.74) is 5.59. The number of carbonyl (C=O) groups excluding carboxylic acids is 1. The number of pyridine rings is 1. The van der Waals surface area contributed by atoms with Crippen molar-refractivity contribution >= 4 is 39.5 Å². The van der Waals surface area contributed by atoms with Gasteiger partial charge in [0, 0.05) is 70.3 Å². The Bertz CT molecular complexity index is 1980. The van der Waals surface area contributed by atoms with Gasteiger partial charge in [0.25, 0.3) is 0 Å². The van der Waals surface area contributed by atoms with Crippen molar-refractivity contribution < 1.29 is 23.7 Å². The van der Waals surface area contributed by atoms with Gasteiger partial charge >= 0.3 is 6.09 Å². The lowest BCUT2D eigenvalue weighted by atomic mass is 9.85. The lowest BCUT2D eigenvalue weighted by molar-refractivity contribution is 0.00566. The van der Waals surface area contributed by atoms with E-state index in [1.54, 1.807) is 0 Å². The minimum absolute atomic E-state index is 0.0240. The number of hydrogen-bond donors (Lipinski definition) is 0. The monoisotopic (exact) mass is 826 g/mol. The molecule has 2 bridgehead atoms. The van der Waals surface area contributed by atoms with Gasteiger partial charge in [-0.05, 0) is 71.5 Å². The standard InChI is InChI=1S/C45H66N6O5Si2/c1-12-55-32(2)40-41(35-26-36-19-20-37(27-35)50(36)44(52)56-45(3,4)5)48-42-38(34-18-21-39(46-28-34)33-16-14-13-15-17-33)29-47-51(42)43(40)49(30-53-22-24-57(6,7)8)31-54-23-25-58(9,10)11/h13-18,21,28-29,35-37H,2,12,19-20,22-27,30-31H2,1,3-11H3/t35-,36-,37+. The minimum atomic E-state index is -1.34. The lowest BCUT2D eigenvalue weighted by Gasteiger charge is -2.40. The number of ether oxygens (including phenoxy) is 4. The summed E-state index contributed by atoms with van der Waals surface area (Å²) in [5.74, 6) is 1.33. The molecule has 1 amide bonds. The number of hydrogen-bond acceptors (Lipinski definition) is 9. The van der Waals surface area contributed by atoms with Crippen molar-refractivity contribution in [1.29, 1.82) is 0 Å². The molecule has 13 heteroatoms. The number of carbonyl (C=O) groups is 1. The molecule has 0 spiro atoms. The van der Waals surface area contributed by atoms with E-state index in [1.807, 2.05) is 67.7 Å². The summed E-state index contributed by atoms with van der Waals surface area (Å²) in [6.45, 7) is 28.8. The molecule has 314 valence electrons. The predicted molar refractivity (Wildman–Crippen MR) is 240 cm³/mol. The molecule has 58 heavy (non-hydrogen) atoms. The molecule has 11 nitrogen and oxygen atoms in total. The van der Waals surface area contributed by atoms with Crippen molar-refractivity contribution in [2.24, 2.45) is 0 Å². The summed E-state index contributed by atoms with van der Waals surface area (Å²) in [6, 6.07) is 16.5. The first-order valence-corrected chi connectivity index (χ1v) is 28.5. The average Bonchev–Trinajstić information content (AvgIpc) is 3.70. The molecule has 1 aromatic carbocycles. The van der Waals surface area contributed by atoms with Gasteiger partial charge in [0.1, 0.15) is 30.6 Å². The third kappa shape index (κ3) is 10.8. The van der Waals surface area contributed by atoms with Crippen molar-refractivity contribution in [3.05, 3.63) is 72.7 Å². The average molecular weight is 827 g/mol. The molecule has 5 heterocycles. The van der Waals surface area contributed by atoms with Gasteiger partial charge in [-0.25, -0.2) is 9.78 Å². The maximum absolute atomic E-state index is 13.6. The zero-order chi connectivity index (χ0) is 41.8. The van der Waals surface area contributed by atoms with Crippen LogP contribution in [0.5, 0.6) is 0 Å². The summed E-state index contributed by atoms with van der Waals surface area (Å²) in [6.07, 6.45) is 6.91. The molecule has 6 rings (SSSR count). The van der Waals surface area contributed by atoms with E-state index in [1.165, 1.54) is 0 Å². The fraction of sp³-hybridized carbons (Fsp3) is 0.556. The Morgan fingerprint density at radius 3 is 2.03 bits per heavy atom. The number of fused-ring (bicyclic) bond motifs is 3. The second-order valence-corrected chi connectivity index (χ2v) is 30.6. The Labute approximate surface area is 348 Å². The Morgan fingerprint density at radius 2 is 1.50 bits per heavy atom. The van der Waals surface area contributed by atoms with Gasteiger partial charge in [0.05, 0.1) is 29.8 Å². The maximum atomic E-state index is 13.6. The van der Waals surface area contributed by atoms with Gasteiger partial charge in [0.2, 0.25) is 0 Å². The van der Waals surface area contributed by atoms with E-state index in [2.05, 4.69) is 75.0 Å². The molecule has 0 N–H and O–H groups in total. The Balaban J connectivity index is 1.49. The van der Waals surface area contributed by atoms with Crippen LogP contribution >= 0.6 is 0 Å². The second-order valence-electron chi connectivity index (χ2n) is 19.3. The highest BCUT2D eigenvalue weighted by Gasteiger charge is 2.46. The van der Waals surface area contributed by atoms with Crippen molar-refractivity contribution in [3.63, 3.8) is 0 Å². The summed E-state index contributed by atoms with van der Waals surface area (Å²) in [5, 5.41) is 5.05. The van der Waals surface area contributed by atoms with Crippen molar-refractivity contribution in [2.75, 3.05) is 38.2 Å². The number of nitrogens with zero attached hydrogens (tertiary/aromatic N) is 6. The Hall–Kier alpha value is -4.05. The van der Waals surface area contributed by atoms with Crippen LogP contribution in [-0.4, -0.2) is 97.7 Å². The molecule has 0 unspecified atom stereocenters. The highest BCUT2D eigenvalue weighted by atomic mass is 28.3. The summed E-state index contributed by atoms with van der Waals surface area (Å²) < 4.78 is 27.2. The van der Waals surface area contributed by atoms with E-state index in [-0.39, 0.29) is 24.1 Å². The smallest absolute Gasteiger partial charge is 0.410 e. The highest BCUT2D eigenvalue weighted by Crippen LogP contribution is 2.47. The molecule has 0 radical (unpaired) electrons. The molecule has 4 aromatic rings. The first-order chi connectivity index (χ1) is 27.4. The van der Waals surface area contributed by atoms with E-state index in [0.717, 1.165) is 77.2 Å². The normalized spacial score (nSPS) is 18.4. The van der Waals surface area contributed by atoms with Crippen LogP contribution in [0.4, 0.5) is 10.6 Å². The van der Waals surface area contributed by atoms with E-state index in [4.69, 9.17) is 34.0 Å². The third-order valence-electron chi connectivity index (χ3n) is 10.9. The van der Waals surface area contributed by atoms with Crippen LogP contribution in [-0.2, 0) is 18.9 Å². The fourth-order valence-electron chi connectivity index (χ4n) is 7.91. The summed E-state index contributed by atoms with van der Waals surface area (Å²) in [4.78, 5) is 28.1. The van der Waals surface area contributed by atoms with Crippen LogP contribution in [0.25, 0.3) is 33.8 Å². The number of benzene rings is 1. The fourth-order valence-corrected chi connectivity index (χ4v) is 9.43. The first-order valence-electron chi connectivity index (χ1n) is 21.1. The zero-order valence-electron chi connectivity index (χ0n) is 36.6. The van der Waals surface area contributed by atoms with Crippen molar-refractivity contribution in [1.82, 2.24) is 24.5 Å². The van der Waals surface area contributed by atoms with Crippen LogP contribution in [0.3, 0.4) is 0 Å². The van der Waals surface area contributed by atoms with Crippen LogP contribution in [0, 0.1) is 0 Å². The zero-order valence-corrected chi connectivity index (χ0v) is 38.6. The molecular formula is C45H66N6O5Si2. The number of piperidine rings is 1. The number of anilines is 1. The Morgan fingerprint density at radius 1 is 0.879 bits per heavy atom. The van der Waals surface area contributed by atoms with Crippen molar-refractivity contribution in [2.45, 2.75) is 128 Å². The molecule has 2 aliphatic heterocycles. The molecule has 0 saturated carbocycles. The molecule has 3 aromatic heterocycles. The molecular weight excluding hydrogens is 761 g/mol. The second kappa shape index (κ2) is 18.1. The quantitative estimate of drug-likeness (QED) is 0.0445. The molecule has 3 atom stereocenters. The predicted octanol–water partition coefficient (Wildman–Crippen LogP) is 10.5. The minimum Gasteiger partial charge on any atom is -0.494 e. The lowest BCUT2D eigenvalue weighted by Crippen LogP contribution is -2.48. The van der Waals surface area contributed by atoms with Crippen LogP contribution < -0.4 is 4.90 Å². The molecule has 2 aliphatic rings. The van der Waals surface area contributed by atoms with Gasteiger partial charge in [-0.15, -0.1) is 0 Å². The molecule has 0 aliphatic carbocycles. The molecule has 2 fully saturated rings. The summed E-state index contributed by atoms with van der Waals surface area (Å²) in [7, 11) is -2.69. The van der Waals surface area contributed by atoms with Crippen LogP contribution in [0.1, 0.15) is 70.6 Å².